The van der Waals surface area contributed by atoms with Crippen molar-refractivity contribution in [3.05, 3.63) is 35.8 Å². The smallest absolute Gasteiger partial charge is 0.144 e. The maximum absolute atomic E-state index is 8.93. The van der Waals surface area contributed by atoms with Gasteiger partial charge in [-0.2, -0.15) is 5.26 Å². The second-order valence-corrected chi connectivity index (χ2v) is 9.65. The predicted octanol–water partition coefficient (Wildman–Crippen LogP) is 2.43. The highest BCUT2D eigenvalue weighted by Gasteiger charge is 2.07. The lowest BCUT2D eigenvalue weighted by molar-refractivity contribution is 1.15. The Labute approximate surface area is 102 Å². The molecule has 0 N–H and O–H groups in total. The van der Waals surface area contributed by atoms with Gasteiger partial charge in [0.2, 0.25) is 0 Å². The highest BCUT2D eigenvalue weighted by atomic mass is 28.3. The first-order valence-corrected chi connectivity index (χ1v) is 8.90. The monoisotopic (exact) mass is 239 g/mol. The fraction of sp³-hybridized carbons (Fsp3) is 0.231. The zero-order valence-corrected chi connectivity index (χ0v) is 11.2. The van der Waals surface area contributed by atoms with E-state index in [1.807, 2.05) is 18.3 Å². The summed E-state index contributed by atoms with van der Waals surface area (Å²) in [7, 11) is -1.36. The van der Waals surface area contributed by atoms with Crippen molar-refractivity contribution in [3.8, 4) is 17.5 Å². The summed E-state index contributed by atoms with van der Waals surface area (Å²) in [5.41, 5.74) is 5.55. The number of hydrogen-bond acceptors (Lipinski definition) is 2. The van der Waals surface area contributed by atoms with E-state index in [4.69, 9.17) is 5.26 Å². The number of rotatable bonds is 0. The molecule has 0 atom stereocenters. The maximum Gasteiger partial charge on any atom is 0.144 e. The molecule has 0 aliphatic heterocycles. The summed E-state index contributed by atoms with van der Waals surface area (Å²) in [6.45, 7) is 6.61. The van der Waals surface area contributed by atoms with Crippen molar-refractivity contribution in [1.29, 1.82) is 5.26 Å². The van der Waals surface area contributed by atoms with Gasteiger partial charge in [-0.1, -0.05) is 25.6 Å². The van der Waals surface area contributed by atoms with Crippen molar-refractivity contribution in [2.24, 2.45) is 0 Å². The summed E-state index contributed by atoms with van der Waals surface area (Å²) in [6, 6.07) is 5.94. The predicted molar refractivity (Wildman–Crippen MR) is 70.1 cm³/mol. The van der Waals surface area contributed by atoms with Crippen molar-refractivity contribution in [2.45, 2.75) is 19.6 Å². The fourth-order valence-electron chi connectivity index (χ4n) is 1.40. The Hall–Kier alpha value is -2.04. The van der Waals surface area contributed by atoms with Crippen LogP contribution in [0.2, 0.25) is 19.6 Å². The first-order valence-electron chi connectivity index (χ1n) is 5.40. The van der Waals surface area contributed by atoms with Gasteiger partial charge in [-0.3, -0.25) is 4.40 Å². The highest BCUT2D eigenvalue weighted by molar-refractivity contribution is 6.83. The van der Waals surface area contributed by atoms with Crippen LogP contribution in [0.5, 0.6) is 0 Å². The molecule has 0 radical (unpaired) electrons. The second-order valence-electron chi connectivity index (χ2n) is 4.90. The number of pyridine rings is 1. The topological polar surface area (TPSA) is 41.1 Å². The van der Waals surface area contributed by atoms with Gasteiger partial charge in [0.25, 0.3) is 0 Å². The number of hydrogen-bond donors (Lipinski definition) is 0. The molecule has 0 unspecified atom stereocenters. The van der Waals surface area contributed by atoms with E-state index in [1.165, 1.54) is 0 Å². The molecule has 0 aliphatic rings. The van der Waals surface area contributed by atoms with Crippen LogP contribution in [0.3, 0.4) is 0 Å². The Morgan fingerprint density at radius 1 is 1.29 bits per heavy atom. The third-order valence-corrected chi connectivity index (χ3v) is 3.08. The van der Waals surface area contributed by atoms with Crippen LogP contribution >= 0.6 is 0 Å². The second kappa shape index (κ2) is 4.08. The summed E-state index contributed by atoms with van der Waals surface area (Å²) in [4.78, 5) is 4.14. The Balaban J connectivity index is 2.50. The third-order valence-electron chi connectivity index (χ3n) is 2.20. The van der Waals surface area contributed by atoms with Crippen LogP contribution in [0.15, 0.2) is 24.5 Å². The summed E-state index contributed by atoms with van der Waals surface area (Å²) in [6.07, 6.45) is 3.44. The van der Waals surface area contributed by atoms with Crippen LogP contribution in [0.4, 0.5) is 0 Å². The van der Waals surface area contributed by atoms with E-state index >= 15 is 0 Å². The summed E-state index contributed by atoms with van der Waals surface area (Å²) in [5, 5.41) is 8.93. The van der Waals surface area contributed by atoms with E-state index in [-0.39, 0.29) is 0 Å². The standard InChI is InChI=1S/C13H13N3Si/c1-17(2,3)7-6-11-4-5-13-15-9-12(8-14)16(13)10-11/h4-5,9-10H,1-3H3. The molecule has 2 rings (SSSR count). The molecule has 2 heterocycles. The summed E-state index contributed by atoms with van der Waals surface area (Å²) < 4.78 is 1.77. The molecule has 84 valence electrons. The van der Waals surface area contributed by atoms with Crippen molar-refractivity contribution >= 4 is 13.7 Å². The average molecular weight is 239 g/mol. The highest BCUT2D eigenvalue weighted by Crippen LogP contribution is 2.08. The van der Waals surface area contributed by atoms with Gasteiger partial charge in [-0.05, 0) is 12.1 Å². The zero-order chi connectivity index (χ0) is 12.5. The first-order chi connectivity index (χ1) is 7.99. The van der Waals surface area contributed by atoms with Crippen LogP contribution in [0.25, 0.3) is 5.65 Å². The summed E-state index contributed by atoms with van der Waals surface area (Å²) in [5.74, 6) is 3.17. The molecule has 0 amide bonds. The van der Waals surface area contributed by atoms with Gasteiger partial charge >= 0.3 is 0 Å². The fourth-order valence-corrected chi connectivity index (χ4v) is 1.92. The minimum Gasteiger partial charge on any atom is -0.290 e. The van der Waals surface area contributed by atoms with Crippen LogP contribution in [0.1, 0.15) is 11.3 Å². The normalized spacial score (nSPS) is 10.7. The van der Waals surface area contributed by atoms with Gasteiger partial charge < -0.3 is 0 Å². The van der Waals surface area contributed by atoms with Crippen LogP contribution in [-0.4, -0.2) is 17.5 Å². The molecule has 0 aliphatic carbocycles. The van der Waals surface area contributed by atoms with Crippen molar-refractivity contribution < 1.29 is 0 Å². The van der Waals surface area contributed by atoms with Crippen LogP contribution < -0.4 is 0 Å². The van der Waals surface area contributed by atoms with E-state index < -0.39 is 8.07 Å². The van der Waals surface area contributed by atoms with Gasteiger partial charge in [-0.15, -0.1) is 5.54 Å². The minimum atomic E-state index is -1.36. The molecule has 3 nitrogen and oxygen atoms in total. The number of aromatic nitrogens is 2. The number of fused-ring (bicyclic) bond motifs is 1. The van der Waals surface area contributed by atoms with E-state index in [9.17, 15) is 0 Å². The van der Waals surface area contributed by atoms with E-state index in [0.29, 0.717) is 5.69 Å². The molecule has 2 aromatic rings. The summed E-state index contributed by atoms with van der Waals surface area (Å²) >= 11 is 0. The lowest BCUT2D eigenvalue weighted by Gasteiger charge is -2.03. The van der Waals surface area contributed by atoms with Gasteiger partial charge in [-0.25, -0.2) is 4.98 Å². The molecule has 4 heteroatoms. The first kappa shape index (κ1) is 11.4. The SMILES string of the molecule is C[Si](C)(C)C#Cc1ccc2ncc(C#N)n2c1. The lowest BCUT2D eigenvalue weighted by Crippen LogP contribution is -2.16. The minimum absolute atomic E-state index is 0.539. The van der Waals surface area contributed by atoms with Crippen LogP contribution in [-0.2, 0) is 0 Å². The molecule has 0 aromatic carbocycles. The molecular weight excluding hydrogens is 226 g/mol. The molecule has 2 aromatic heterocycles. The van der Waals surface area contributed by atoms with Crippen molar-refractivity contribution in [2.75, 3.05) is 0 Å². The molecule has 0 bridgehead atoms. The molecule has 0 fully saturated rings. The van der Waals surface area contributed by atoms with Gasteiger partial charge in [0.15, 0.2) is 0 Å². The van der Waals surface area contributed by atoms with Crippen molar-refractivity contribution in [1.82, 2.24) is 9.38 Å². The van der Waals surface area contributed by atoms with Crippen LogP contribution in [0, 0.1) is 22.8 Å². The Bertz CT molecular complexity index is 660. The lowest BCUT2D eigenvalue weighted by atomic mass is 10.3. The largest absolute Gasteiger partial charge is 0.290 e. The van der Waals surface area contributed by atoms with Crippen molar-refractivity contribution in [3.63, 3.8) is 0 Å². The third kappa shape index (κ3) is 2.55. The molecular formula is C13H13N3Si. The van der Waals surface area contributed by atoms with Gasteiger partial charge in [0.05, 0.1) is 6.20 Å². The zero-order valence-electron chi connectivity index (χ0n) is 10.2. The number of nitrogens with zero attached hydrogens (tertiary/aromatic N) is 3. The average Bonchev–Trinajstić information content (AvgIpc) is 2.67. The number of imidazole rings is 1. The Morgan fingerprint density at radius 3 is 2.71 bits per heavy atom. The quantitative estimate of drug-likeness (QED) is 0.523. The number of nitriles is 1. The van der Waals surface area contributed by atoms with Gasteiger partial charge in [0.1, 0.15) is 25.5 Å². The maximum atomic E-state index is 8.93. The molecule has 0 spiro atoms. The van der Waals surface area contributed by atoms with Gasteiger partial charge in [0, 0.05) is 11.8 Å². The Kier molecular flexibility index (Phi) is 2.75. The van der Waals surface area contributed by atoms with E-state index in [0.717, 1.165) is 11.2 Å². The molecule has 0 saturated carbocycles. The van der Waals surface area contributed by atoms with E-state index in [2.05, 4.69) is 42.2 Å². The Morgan fingerprint density at radius 2 is 2.06 bits per heavy atom. The van der Waals surface area contributed by atoms with E-state index in [1.54, 1.807) is 10.6 Å². The molecule has 0 saturated heterocycles. The molecule has 17 heavy (non-hydrogen) atoms.